The van der Waals surface area contributed by atoms with Gasteiger partial charge in [-0.05, 0) is 36.6 Å². The smallest absolute Gasteiger partial charge is 0.258 e. The molecule has 5 nitrogen and oxygen atoms in total. The van der Waals surface area contributed by atoms with Crippen LogP contribution in [0.1, 0.15) is 28.2 Å². The minimum absolute atomic E-state index is 0.0259. The fraction of sp³-hybridized carbons (Fsp3) is 0.211. The SMILES string of the molecule is Cc1nc(-c2ccc(C(=O)N3CCCc4ccccc43)cc2)no1. The first-order valence-corrected chi connectivity index (χ1v) is 8.03. The van der Waals surface area contributed by atoms with E-state index in [1.807, 2.05) is 47.4 Å². The van der Waals surface area contributed by atoms with Crippen molar-refractivity contribution in [1.82, 2.24) is 10.1 Å². The Kier molecular flexibility index (Phi) is 3.61. The van der Waals surface area contributed by atoms with Gasteiger partial charge in [-0.1, -0.05) is 35.5 Å². The third-order valence-electron chi connectivity index (χ3n) is 4.27. The number of carbonyl (C=O) groups is 1. The van der Waals surface area contributed by atoms with E-state index in [9.17, 15) is 4.79 Å². The van der Waals surface area contributed by atoms with Gasteiger partial charge in [0.15, 0.2) is 0 Å². The maximum Gasteiger partial charge on any atom is 0.258 e. The highest BCUT2D eigenvalue weighted by atomic mass is 16.5. The number of amides is 1. The molecule has 0 spiro atoms. The van der Waals surface area contributed by atoms with E-state index in [1.165, 1.54) is 5.56 Å². The van der Waals surface area contributed by atoms with E-state index < -0.39 is 0 Å². The molecular formula is C19H17N3O2. The Balaban J connectivity index is 1.61. The Morgan fingerprint density at radius 3 is 2.67 bits per heavy atom. The zero-order chi connectivity index (χ0) is 16.5. The van der Waals surface area contributed by atoms with E-state index in [-0.39, 0.29) is 5.91 Å². The second-order valence-corrected chi connectivity index (χ2v) is 5.90. The van der Waals surface area contributed by atoms with Gasteiger partial charge in [0.25, 0.3) is 5.91 Å². The number of carbonyl (C=O) groups excluding carboxylic acids is 1. The molecule has 24 heavy (non-hydrogen) atoms. The molecule has 1 amide bonds. The Hall–Kier alpha value is -2.95. The molecule has 0 bridgehead atoms. The molecule has 120 valence electrons. The highest BCUT2D eigenvalue weighted by Crippen LogP contribution is 2.28. The number of para-hydroxylation sites is 1. The lowest BCUT2D eigenvalue weighted by Gasteiger charge is -2.29. The maximum absolute atomic E-state index is 12.9. The largest absolute Gasteiger partial charge is 0.339 e. The second kappa shape index (κ2) is 5.92. The van der Waals surface area contributed by atoms with Crippen molar-refractivity contribution in [2.75, 3.05) is 11.4 Å². The van der Waals surface area contributed by atoms with Gasteiger partial charge >= 0.3 is 0 Å². The van der Waals surface area contributed by atoms with E-state index in [4.69, 9.17) is 4.52 Å². The van der Waals surface area contributed by atoms with Crippen LogP contribution in [0.3, 0.4) is 0 Å². The molecule has 3 aromatic rings. The summed E-state index contributed by atoms with van der Waals surface area (Å²) in [4.78, 5) is 19.0. The first kappa shape index (κ1) is 14.6. The van der Waals surface area contributed by atoms with Crippen molar-refractivity contribution in [3.8, 4) is 11.4 Å². The molecule has 2 heterocycles. The van der Waals surface area contributed by atoms with Crippen molar-refractivity contribution in [3.63, 3.8) is 0 Å². The summed E-state index contributed by atoms with van der Waals surface area (Å²) in [5.41, 5.74) is 3.75. The zero-order valence-electron chi connectivity index (χ0n) is 13.4. The molecule has 2 aromatic carbocycles. The summed E-state index contributed by atoms with van der Waals surface area (Å²) in [6.07, 6.45) is 2.01. The Bertz CT molecular complexity index is 884. The van der Waals surface area contributed by atoms with Crippen LogP contribution in [-0.2, 0) is 6.42 Å². The van der Waals surface area contributed by atoms with Gasteiger partial charge in [0, 0.05) is 30.3 Å². The molecule has 0 saturated heterocycles. The topological polar surface area (TPSA) is 59.2 Å². The van der Waals surface area contributed by atoms with E-state index in [1.54, 1.807) is 6.92 Å². The van der Waals surface area contributed by atoms with Crippen LogP contribution in [0.4, 0.5) is 5.69 Å². The number of hydrogen-bond donors (Lipinski definition) is 0. The van der Waals surface area contributed by atoms with Crippen molar-refractivity contribution < 1.29 is 9.32 Å². The van der Waals surface area contributed by atoms with Crippen molar-refractivity contribution in [2.45, 2.75) is 19.8 Å². The Morgan fingerprint density at radius 2 is 1.92 bits per heavy atom. The lowest BCUT2D eigenvalue weighted by Crippen LogP contribution is -2.35. The van der Waals surface area contributed by atoms with Gasteiger partial charge in [0.05, 0.1) is 0 Å². The van der Waals surface area contributed by atoms with Gasteiger partial charge in [-0.3, -0.25) is 4.79 Å². The third-order valence-corrected chi connectivity index (χ3v) is 4.27. The van der Waals surface area contributed by atoms with E-state index in [2.05, 4.69) is 16.2 Å². The summed E-state index contributed by atoms with van der Waals surface area (Å²) in [5, 5.41) is 3.90. The fourth-order valence-corrected chi connectivity index (χ4v) is 3.08. The second-order valence-electron chi connectivity index (χ2n) is 5.90. The predicted molar refractivity (Wildman–Crippen MR) is 90.9 cm³/mol. The standard InChI is InChI=1S/C19H17N3O2/c1-13-20-18(21-24-13)15-8-10-16(11-9-15)19(23)22-12-4-6-14-5-2-3-7-17(14)22/h2-3,5,7-11H,4,6,12H2,1H3. The molecule has 0 aliphatic carbocycles. The summed E-state index contributed by atoms with van der Waals surface area (Å²) < 4.78 is 4.99. The lowest BCUT2D eigenvalue weighted by atomic mass is 10.0. The number of hydrogen-bond acceptors (Lipinski definition) is 4. The van der Waals surface area contributed by atoms with Gasteiger partial charge in [-0.15, -0.1) is 0 Å². The monoisotopic (exact) mass is 319 g/mol. The number of benzene rings is 2. The number of aromatic nitrogens is 2. The van der Waals surface area contributed by atoms with Gasteiger partial charge in [-0.25, -0.2) is 0 Å². The first-order valence-electron chi connectivity index (χ1n) is 8.03. The molecule has 0 radical (unpaired) electrons. The van der Waals surface area contributed by atoms with Gasteiger partial charge in [0.2, 0.25) is 11.7 Å². The normalized spacial score (nSPS) is 13.6. The molecule has 4 rings (SSSR count). The average molecular weight is 319 g/mol. The Labute approximate surface area is 139 Å². The predicted octanol–water partition coefficient (Wildman–Crippen LogP) is 3.64. The van der Waals surface area contributed by atoms with Crippen LogP contribution in [-0.4, -0.2) is 22.6 Å². The van der Waals surface area contributed by atoms with E-state index in [0.717, 1.165) is 30.6 Å². The number of nitrogens with zero attached hydrogens (tertiary/aromatic N) is 3. The van der Waals surface area contributed by atoms with Crippen LogP contribution >= 0.6 is 0 Å². The number of rotatable bonds is 2. The summed E-state index contributed by atoms with van der Waals surface area (Å²) in [6.45, 7) is 2.50. The minimum atomic E-state index is 0.0259. The lowest BCUT2D eigenvalue weighted by molar-refractivity contribution is 0.0985. The van der Waals surface area contributed by atoms with Crippen molar-refractivity contribution in [3.05, 3.63) is 65.5 Å². The fourth-order valence-electron chi connectivity index (χ4n) is 3.08. The van der Waals surface area contributed by atoms with Crippen LogP contribution in [0.5, 0.6) is 0 Å². The highest BCUT2D eigenvalue weighted by molar-refractivity contribution is 6.06. The molecule has 1 aromatic heterocycles. The van der Waals surface area contributed by atoms with Crippen LogP contribution in [0.2, 0.25) is 0 Å². The van der Waals surface area contributed by atoms with E-state index in [0.29, 0.717) is 17.3 Å². The van der Waals surface area contributed by atoms with Crippen LogP contribution in [0.25, 0.3) is 11.4 Å². The molecule has 0 unspecified atom stereocenters. The highest BCUT2D eigenvalue weighted by Gasteiger charge is 2.23. The van der Waals surface area contributed by atoms with Gasteiger partial charge < -0.3 is 9.42 Å². The quantitative estimate of drug-likeness (QED) is 0.723. The summed E-state index contributed by atoms with van der Waals surface area (Å²) in [6, 6.07) is 15.5. The zero-order valence-corrected chi connectivity index (χ0v) is 13.4. The van der Waals surface area contributed by atoms with Crippen LogP contribution in [0.15, 0.2) is 53.1 Å². The first-order chi connectivity index (χ1) is 11.7. The molecule has 0 fully saturated rings. The summed E-state index contributed by atoms with van der Waals surface area (Å²) in [7, 11) is 0. The van der Waals surface area contributed by atoms with Crippen LogP contribution < -0.4 is 4.90 Å². The minimum Gasteiger partial charge on any atom is -0.339 e. The van der Waals surface area contributed by atoms with Crippen molar-refractivity contribution in [1.29, 1.82) is 0 Å². The van der Waals surface area contributed by atoms with E-state index >= 15 is 0 Å². The molecule has 1 aliphatic heterocycles. The Morgan fingerprint density at radius 1 is 1.12 bits per heavy atom. The van der Waals surface area contributed by atoms with Gasteiger partial charge in [0.1, 0.15) is 0 Å². The van der Waals surface area contributed by atoms with Crippen LogP contribution in [0, 0.1) is 6.92 Å². The number of fused-ring (bicyclic) bond motifs is 1. The molecule has 1 aliphatic rings. The molecule has 0 atom stereocenters. The maximum atomic E-state index is 12.9. The summed E-state index contributed by atoms with van der Waals surface area (Å²) in [5.74, 6) is 1.09. The summed E-state index contributed by atoms with van der Waals surface area (Å²) >= 11 is 0. The van der Waals surface area contributed by atoms with Gasteiger partial charge in [-0.2, -0.15) is 4.98 Å². The number of aryl methyl sites for hydroxylation is 2. The third kappa shape index (κ3) is 2.58. The van der Waals surface area contributed by atoms with Crippen molar-refractivity contribution in [2.24, 2.45) is 0 Å². The average Bonchev–Trinajstić information content (AvgIpc) is 3.07. The molecular weight excluding hydrogens is 302 g/mol. The number of anilines is 1. The molecule has 0 saturated carbocycles. The van der Waals surface area contributed by atoms with Crippen molar-refractivity contribution >= 4 is 11.6 Å². The molecule has 5 heteroatoms. The molecule has 0 N–H and O–H groups in total.